The molecule has 0 aliphatic rings. The van der Waals surface area contributed by atoms with Crippen molar-refractivity contribution >= 4 is 5.91 Å². The summed E-state index contributed by atoms with van der Waals surface area (Å²) < 4.78 is 27.8. The Bertz CT molecular complexity index is 1480. The van der Waals surface area contributed by atoms with Gasteiger partial charge >= 0.3 is 0 Å². The molecule has 3 N–H and O–H groups in total. The van der Waals surface area contributed by atoms with Crippen LogP contribution in [-0.4, -0.2) is 34.7 Å². The Labute approximate surface area is 233 Å². The maximum Gasteiger partial charge on any atom is 0.253 e. The molecule has 0 saturated heterocycles. The predicted octanol–water partition coefficient (Wildman–Crippen LogP) is 4.81. The maximum absolute atomic E-state index is 13.9. The highest BCUT2D eigenvalue weighted by Gasteiger charge is 2.23. The van der Waals surface area contributed by atoms with E-state index in [0.717, 1.165) is 23.6 Å². The summed E-state index contributed by atoms with van der Waals surface area (Å²) in [5.74, 6) is 4.10. The van der Waals surface area contributed by atoms with Gasteiger partial charge in [0.25, 0.3) is 5.91 Å². The highest BCUT2D eigenvalue weighted by molar-refractivity contribution is 5.94. The van der Waals surface area contributed by atoms with Crippen LogP contribution in [0.1, 0.15) is 45.1 Å². The zero-order valence-corrected chi connectivity index (χ0v) is 22.2. The number of nitrogens with zero attached hydrogens (tertiary/aromatic N) is 1. The molecule has 2 atom stereocenters. The molecule has 1 aromatic heterocycles. The highest BCUT2D eigenvalue weighted by Crippen LogP contribution is 2.13. The van der Waals surface area contributed by atoms with Gasteiger partial charge in [-0.1, -0.05) is 61.2 Å². The standard InChI is InChI=1S/C33H31F2N3O2/c1-2-23-9-6-10-25(13-23)19-37-22-32(39)31(17-27-15-29(34)18-30(35)16-27)38-33(40)28-14-26(20-36-21-28)12-11-24-7-4-3-5-8-24/h3-10,13-16,18,20-21,31-32,37,39H,2,17,19,22H2,1H3,(H,38,40)/t31-,32+/m0/s1. The lowest BCUT2D eigenvalue weighted by Crippen LogP contribution is -2.48. The van der Waals surface area contributed by atoms with Gasteiger partial charge in [-0.15, -0.1) is 0 Å². The van der Waals surface area contributed by atoms with Gasteiger partial charge in [-0.05, 0) is 59.9 Å². The second kappa shape index (κ2) is 14.1. The van der Waals surface area contributed by atoms with Crippen molar-refractivity contribution in [1.82, 2.24) is 15.6 Å². The third-order valence-electron chi connectivity index (χ3n) is 6.37. The van der Waals surface area contributed by atoms with E-state index >= 15 is 0 Å². The first kappa shape index (κ1) is 28.6. The fourth-order valence-electron chi connectivity index (χ4n) is 4.28. The van der Waals surface area contributed by atoms with Gasteiger partial charge in [0.05, 0.1) is 17.7 Å². The molecule has 0 spiro atoms. The summed E-state index contributed by atoms with van der Waals surface area (Å²) in [6.45, 7) is 2.76. The van der Waals surface area contributed by atoms with Gasteiger partial charge in [-0.3, -0.25) is 9.78 Å². The van der Waals surface area contributed by atoms with Gasteiger partial charge < -0.3 is 15.7 Å². The van der Waals surface area contributed by atoms with Crippen molar-refractivity contribution in [3.63, 3.8) is 0 Å². The van der Waals surface area contributed by atoms with Crippen molar-refractivity contribution < 1.29 is 18.7 Å². The van der Waals surface area contributed by atoms with Gasteiger partial charge in [0, 0.05) is 42.7 Å². The fraction of sp³-hybridized carbons (Fsp3) is 0.212. The Balaban J connectivity index is 1.47. The van der Waals surface area contributed by atoms with Gasteiger partial charge in [0.2, 0.25) is 0 Å². The minimum Gasteiger partial charge on any atom is -0.390 e. The van der Waals surface area contributed by atoms with E-state index in [1.807, 2.05) is 42.5 Å². The number of halogens is 2. The van der Waals surface area contributed by atoms with Crippen LogP contribution < -0.4 is 10.6 Å². The van der Waals surface area contributed by atoms with Crippen LogP contribution in [0, 0.1) is 23.5 Å². The monoisotopic (exact) mass is 539 g/mol. The lowest BCUT2D eigenvalue weighted by Gasteiger charge is -2.25. The summed E-state index contributed by atoms with van der Waals surface area (Å²) in [4.78, 5) is 17.3. The molecule has 0 saturated carbocycles. The summed E-state index contributed by atoms with van der Waals surface area (Å²) in [5, 5.41) is 17.1. The molecule has 204 valence electrons. The quantitative estimate of drug-likeness (QED) is 0.253. The number of pyridine rings is 1. The molecular weight excluding hydrogens is 508 g/mol. The summed E-state index contributed by atoms with van der Waals surface area (Å²) in [6, 6.07) is 21.5. The number of aliphatic hydroxyl groups is 1. The van der Waals surface area contributed by atoms with Gasteiger partial charge in [0.1, 0.15) is 11.6 Å². The molecule has 0 fully saturated rings. The smallest absolute Gasteiger partial charge is 0.253 e. The molecule has 0 radical (unpaired) electrons. The first-order valence-electron chi connectivity index (χ1n) is 13.1. The molecule has 7 heteroatoms. The van der Waals surface area contributed by atoms with E-state index in [0.29, 0.717) is 17.7 Å². The van der Waals surface area contributed by atoms with Crippen molar-refractivity contribution in [2.75, 3.05) is 6.54 Å². The normalized spacial score (nSPS) is 12.2. The lowest BCUT2D eigenvalue weighted by atomic mass is 10.00. The number of hydrogen-bond donors (Lipinski definition) is 3. The second-order valence-corrected chi connectivity index (χ2v) is 9.51. The first-order chi connectivity index (χ1) is 19.4. The third-order valence-corrected chi connectivity index (χ3v) is 6.37. The number of nitrogens with one attached hydrogen (secondary N) is 2. The zero-order chi connectivity index (χ0) is 28.3. The number of carbonyl (C=O) groups excluding carboxylic acids is 1. The van der Waals surface area contributed by atoms with Crippen molar-refractivity contribution in [1.29, 1.82) is 0 Å². The number of aliphatic hydroxyl groups excluding tert-OH is 1. The molecule has 5 nitrogen and oxygen atoms in total. The molecule has 4 aromatic rings. The van der Waals surface area contributed by atoms with Gasteiger partial charge in [-0.2, -0.15) is 0 Å². The molecule has 0 aliphatic heterocycles. The van der Waals surface area contributed by atoms with Crippen molar-refractivity contribution in [2.24, 2.45) is 0 Å². The number of hydrogen-bond acceptors (Lipinski definition) is 4. The fourth-order valence-corrected chi connectivity index (χ4v) is 4.28. The molecule has 40 heavy (non-hydrogen) atoms. The van der Waals surface area contributed by atoms with Crippen LogP contribution in [0.4, 0.5) is 8.78 Å². The van der Waals surface area contributed by atoms with Gasteiger partial charge in [-0.25, -0.2) is 8.78 Å². The Kier molecular flexibility index (Phi) is 10.1. The molecule has 0 unspecified atom stereocenters. The summed E-state index contributed by atoms with van der Waals surface area (Å²) in [7, 11) is 0. The Morgan fingerprint density at radius 3 is 2.35 bits per heavy atom. The van der Waals surface area contributed by atoms with E-state index in [4.69, 9.17) is 0 Å². The summed E-state index contributed by atoms with van der Waals surface area (Å²) >= 11 is 0. The topological polar surface area (TPSA) is 74.2 Å². The third kappa shape index (κ3) is 8.57. The van der Waals surface area contributed by atoms with Crippen LogP contribution in [0.25, 0.3) is 0 Å². The summed E-state index contributed by atoms with van der Waals surface area (Å²) in [5.41, 5.74) is 4.24. The number of amides is 1. The van der Waals surface area contributed by atoms with E-state index in [-0.39, 0.29) is 18.5 Å². The predicted molar refractivity (Wildman–Crippen MR) is 152 cm³/mol. The largest absolute Gasteiger partial charge is 0.390 e. The molecule has 0 bridgehead atoms. The maximum atomic E-state index is 13.9. The molecule has 0 aliphatic carbocycles. The molecule has 1 heterocycles. The van der Waals surface area contributed by atoms with E-state index in [9.17, 15) is 18.7 Å². The molecular formula is C33H31F2N3O2. The van der Waals surface area contributed by atoms with Crippen LogP contribution >= 0.6 is 0 Å². The van der Waals surface area contributed by atoms with Crippen molar-refractivity contribution in [2.45, 2.75) is 38.5 Å². The van der Waals surface area contributed by atoms with E-state index in [1.165, 1.54) is 23.9 Å². The Morgan fingerprint density at radius 2 is 1.60 bits per heavy atom. The van der Waals surface area contributed by atoms with Gasteiger partial charge in [0.15, 0.2) is 0 Å². The minimum atomic E-state index is -1.04. The van der Waals surface area contributed by atoms with E-state index in [2.05, 4.69) is 46.5 Å². The number of aromatic nitrogens is 1. The highest BCUT2D eigenvalue weighted by atomic mass is 19.1. The Hall–Kier alpha value is -4.38. The van der Waals surface area contributed by atoms with Crippen LogP contribution in [0.15, 0.2) is 91.3 Å². The average molecular weight is 540 g/mol. The molecule has 1 amide bonds. The summed E-state index contributed by atoms with van der Waals surface area (Å²) in [6.07, 6.45) is 2.87. The molecule has 4 rings (SSSR count). The number of rotatable bonds is 10. The molecule has 3 aromatic carbocycles. The average Bonchev–Trinajstić information content (AvgIpc) is 2.96. The SMILES string of the molecule is CCc1cccc(CNC[C@@H](O)[C@H](Cc2cc(F)cc(F)c2)NC(=O)c2cncc(C#Cc3ccccc3)c2)c1. The van der Waals surface area contributed by atoms with Crippen molar-refractivity contribution in [3.8, 4) is 11.8 Å². The number of carbonyl (C=O) groups is 1. The Morgan fingerprint density at radius 1 is 0.875 bits per heavy atom. The van der Waals surface area contributed by atoms with Crippen LogP contribution in [-0.2, 0) is 19.4 Å². The minimum absolute atomic E-state index is 0.0233. The van der Waals surface area contributed by atoms with E-state index in [1.54, 1.807) is 12.3 Å². The number of benzene rings is 3. The second-order valence-electron chi connectivity index (χ2n) is 9.51. The van der Waals surface area contributed by atoms with Crippen LogP contribution in [0.2, 0.25) is 0 Å². The first-order valence-corrected chi connectivity index (χ1v) is 13.1. The van der Waals surface area contributed by atoms with E-state index < -0.39 is 29.7 Å². The zero-order valence-electron chi connectivity index (χ0n) is 22.2. The van der Waals surface area contributed by atoms with Crippen LogP contribution in [0.3, 0.4) is 0 Å². The van der Waals surface area contributed by atoms with Crippen LogP contribution in [0.5, 0.6) is 0 Å². The lowest BCUT2D eigenvalue weighted by molar-refractivity contribution is 0.0829. The number of aryl methyl sites for hydroxylation is 1. The van der Waals surface area contributed by atoms with Crippen molar-refractivity contribution in [3.05, 3.63) is 136 Å².